The highest BCUT2D eigenvalue weighted by atomic mass is 14.6. The first-order valence-electron chi connectivity index (χ1n) is 14.5. The first kappa shape index (κ1) is 25.4. The average Bonchev–Trinajstić information content (AvgIpc) is 3.10. The number of benzene rings is 7. The summed E-state index contributed by atoms with van der Waals surface area (Å²) in [5, 5.41) is 26.9. The molecule has 1 heterocycles. The summed E-state index contributed by atoms with van der Waals surface area (Å²) in [4.78, 5) is 4.80. The minimum absolute atomic E-state index is 0.632. The van der Waals surface area contributed by atoms with Crippen LogP contribution < -0.4 is 0 Å². The van der Waals surface area contributed by atoms with Crippen molar-refractivity contribution < 1.29 is 0 Å². The average molecular weight is 558 g/mol. The van der Waals surface area contributed by atoms with Crippen LogP contribution in [0.25, 0.3) is 76.6 Å². The summed E-state index contributed by atoms with van der Waals surface area (Å²) in [6.45, 7) is 0. The third-order valence-corrected chi connectivity index (χ3v) is 8.55. The first-order chi connectivity index (χ1) is 21.7. The fourth-order valence-corrected chi connectivity index (χ4v) is 6.54. The summed E-state index contributed by atoms with van der Waals surface area (Å²) >= 11 is 0. The molecule has 8 rings (SSSR count). The first-order valence-corrected chi connectivity index (χ1v) is 14.5. The molecule has 1 aromatic heterocycles. The molecule has 3 nitrogen and oxygen atoms in total. The lowest BCUT2D eigenvalue weighted by molar-refractivity contribution is 1.43. The van der Waals surface area contributed by atoms with E-state index in [1.165, 1.54) is 0 Å². The molecule has 0 saturated heterocycles. The van der Waals surface area contributed by atoms with Crippen LogP contribution in [-0.2, 0) is 0 Å². The Labute approximate surface area is 254 Å². The van der Waals surface area contributed by atoms with E-state index in [0.717, 1.165) is 76.6 Å². The van der Waals surface area contributed by atoms with Crippen molar-refractivity contribution in [2.45, 2.75) is 0 Å². The van der Waals surface area contributed by atoms with Gasteiger partial charge in [0.2, 0.25) is 0 Å². The van der Waals surface area contributed by atoms with Crippen LogP contribution in [0.4, 0.5) is 0 Å². The van der Waals surface area contributed by atoms with Gasteiger partial charge < -0.3 is 0 Å². The van der Waals surface area contributed by atoms with Crippen LogP contribution in [0.1, 0.15) is 11.1 Å². The normalized spacial score (nSPS) is 11.1. The van der Waals surface area contributed by atoms with Crippen LogP contribution in [0.15, 0.2) is 140 Å². The van der Waals surface area contributed by atoms with Gasteiger partial charge in [-0.2, -0.15) is 10.5 Å². The molecule has 44 heavy (non-hydrogen) atoms. The number of rotatable bonds is 3. The molecule has 0 radical (unpaired) electrons. The number of hydrogen-bond donors (Lipinski definition) is 0. The van der Waals surface area contributed by atoms with E-state index in [4.69, 9.17) is 4.98 Å². The zero-order chi connectivity index (χ0) is 29.6. The summed E-state index contributed by atoms with van der Waals surface area (Å²) in [5.41, 5.74) is 8.87. The zero-order valence-electron chi connectivity index (χ0n) is 23.6. The lowest BCUT2D eigenvalue weighted by atomic mass is 9.84. The van der Waals surface area contributed by atoms with E-state index < -0.39 is 0 Å². The van der Waals surface area contributed by atoms with Crippen molar-refractivity contribution >= 4 is 43.2 Å². The highest BCUT2D eigenvalue weighted by Crippen LogP contribution is 2.45. The van der Waals surface area contributed by atoms with E-state index in [1.54, 1.807) is 0 Å². The van der Waals surface area contributed by atoms with Gasteiger partial charge in [-0.15, -0.1) is 0 Å². The highest BCUT2D eigenvalue weighted by molar-refractivity contribution is 6.22. The minimum atomic E-state index is 0.632. The van der Waals surface area contributed by atoms with Crippen molar-refractivity contribution in [1.82, 2.24) is 4.98 Å². The molecule has 0 atom stereocenters. The molecule has 0 aliphatic heterocycles. The van der Waals surface area contributed by atoms with Gasteiger partial charge >= 0.3 is 0 Å². The summed E-state index contributed by atoms with van der Waals surface area (Å²) < 4.78 is 0. The molecule has 0 bridgehead atoms. The molecule has 202 valence electrons. The molecule has 0 aliphatic rings. The number of hydrogen-bond acceptors (Lipinski definition) is 3. The van der Waals surface area contributed by atoms with Gasteiger partial charge in [-0.1, -0.05) is 91.0 Å². The summed E-state index contributed by atoms with van der Waals surface area (Å²) in [5.74, 6) is 0. The van der Waals surface area contributed by atoms with E-state index in [-0.39, 0.29) is 0 Å². The van der Waals surface area contributed by atoms with Crippen LogP contribution in [0.3, 0.4) is 0 Å². The Morgan fingerprint density at radius 2 is 0.955 bits per heavy atom. The topological polar surface area (TPSA) is 60.5 Å². The molecule has 0 spiro atoms. The second-order valence-electron chi connectivity index (χ2n) is 11.0. The zero-order valence-corrected chi connectivity index (χ0v) is 23.6. The lowest BCUT2D eigenvalue weighted by Crippen LogP contribution is -1.93. The smallest absolute Gasteiger partial charge is 0.0991 e. The minimum Gasteiger partial charge on any atom is -0.256 e. The van der Waals surface area contributed by atoms with Crippen LogP contribution >= 0.6 is 0 Å². The molecule has 0 amide bonds. The van der Waals surface area contributed by atoms with Gasteiger partial charge in [0, 0.05) is 17.0 Å². The lowest BCUT2D eigenvalue weighted by Gasteiger charge is -2.19. The van der Waals surface area contributed by atoms with Gasteiger partial charge in [-0.05, 0) is 103 Å². The van der Waals surface area contributed by atoms with E-state index >= 15 is 0 Å². The van der Waals surface area contributed by atoms with Gasteiger partial charge in [0.05, 0.1) is 28.8 Å². The van der Waals surface area contributed by atoms with Crippen molar-refractivity contribution in [1.29, 1.82) is 10.5 Å². The fraction of sp³-hybridized carbons (Fsp3) is 0. The number of pyridine rings is 1. The Morgan fingerprint density at radius 1 is 0.432 bits per heavy atom. The SMILES string of the molecule is N#Cc1ccc(-c2c3ccccc3c(-c3ccc(C#N)cc3)c3cc(-c4cc5ccccc5c5ncccc45)ccc23)cc1. The second kappa shape index (κ2) is 10.2. The molecular weight excluding hydrogens is 534 g/mol. The molecule has 8 aromatic rings. The summed E-state index contributed by atoms with van der Waals surface area (Å²) in [7, 11) is 0. The van der Waals surface area contributed by atoms with Gasteiger partial charge in [-0.25, -0.2) is 0 Å². The van der Waals surface area contributed by atoms with Crippen LogP contribution in [0.5, 0.6) is 0 Å². The Morgan fingerprint density at radius 3 is 1.59 bits per heavy atom. The van der Waals surface area contributed by atoms with Crippen LogP contribution in [-0.4, -0.2) is 4.98 Å². The molecular formula is C41H23N3. The quantitative estimate of drug-likeness (QED) is 0.160. The van der Waals surface area contributed by atoms with E-state index in [1.807, 2.05) is 60.8 Å². The van der Waals surface area contributed by atoms with Crippen molar-refractivity contribution in [3.63, 3.8) is 0 Å². The van der Waals surface area contributed by atoms with Crippen molar-refractivity contribution in [3.05, 3.63) is 151 Å². The largest absolute Gasteiger partial charge is 0.256 e. The second-order valence-corrected chi connectivity index (χ2v) is 11.0. The molecule has 0 unspecified atom stereocenters. The molecule has 0 saturated carbocycles. The van der Waals surface area contributed by atoms with E-state index in [9.17, 15) is 10.5 Å². The molecule has 0 N–H and O–H groups in total. The predicted octanol–water partition coefficient (Wildman–Crippen LogP) is 10.4. The Bertz CT molecular complexity index is 2490. The Hall–Kier alpha value is -6.29. The van der Waals surface area contributed by atoms with Crippen LogP contribution in [0.2, 0.25) is 0 Å². The van der Waals surface area contributed by atoms with Crippen molar-refractivity contribution in [2.75, 3.05) is 0 Å². The van der Waals surface area contributed by atoms with E-state index in [0.29, 0.717) is 11.1 Å². The number of nitrogens with zero attached hydrogens (tertiary/aromatic N) is 3. The monoisotopic (exact) mass is 557 g/mol. The fourth-order valence-electron chi connectivity index (χ4n) is 6.54. The number of fused-ring (bicyclic) bond motifs is 5. The van der Waals surface area contributed by atoms with Gasteiger partial charge in [0.25, 0.3) is 0 Å². The predicted molar refractivity (Wildman–Crippen MR) is 180 cm³/mol. The Kier molecular flexibility index (Phi) is 5.90. The Balaban J connectivity index is 1.50. The van der Waals surface area contributed by atoms with Crippen molar-refractivity contribution in [3.8, 4) is 45.5 Å². The molecule has 7 aromatic carbocycles. The third-order valence-electron chi connectivity index (χ3n) is 8.55. The van der Waals surface area contributed by atoms with Gasteiger partial charge in [-0.3, -0.25) is 4.98 Å². The number of aromatic nitrogens is 1. The maximum Gasteiger partial charge on any atom is 0.0991 e. The molecule has 3 heteroatoms. The maximum atomic E-state index is 9.49. The highest BCUT2D eigenvalue weighted by Gasteiger charge is 2.18. The van der Waals surface area contributed by atoms with Crippen LogP contribution in [0, 0.1) is 22.7 Å². The number of nitriles is 2. The van der Waals surface area contributed by atoms with Crippen molar-refractivity contribution in [2.24, 2.45) is 0 Å². The standard InChI is InChI=1S/C41H23N3/c42-24-26-11-15-28(16-12-26)39-33-8-3-4-9-34(33)40(29-17-13-27(25-43)14-18-29)38-23-31(19-20-35(38)39)37-22-30-6-1-2-7-32(30)41-36(37)10-5-21-44-41/h1-23H. The molecule has 0 aliphatic carbocycles. The summed E-state index contributed by atoms with van der Waals surface area (Å²) in [6, 6.07) is 50.3. The molecule has 0 fully saturated rings. The maximum absolute atomic E-state index is 9.49. The van der Waals surface area contributed by atoms with Gasteiger partial charge in [0.15, 0.2) is 0 Å². The van der Waals surface area contributed by atoms with Gasteiger partial charge in [0.1, 0.15) is 0 Å². The summed E-state index contributed by atoms with van der Waals surface area (Å²) in [6.07, 6.45) is 1.86. The van der Waals surface area contributed by atoms with E-state index in [2.05, 4.69) is 91.0 Å². The third kappa shape index (κ3) is 4.00.